The molecular formula is C31H41Br2IN2O2. The molecule has 0 atom stereocenters. The summed E-state index contributed by atoms with van der Waals surface area (Å²) in [4.78, 5) is 13.9. The van der Waals surface area contributed by atoms with Crippen molar-refractivity contribution in [3.05, 3.63) is 56.5 Å². The van der Waals surface area contributed by atoms with Crippen molar-refractivity contribution in [2.24, 2.45) is 5.92 Å². The molecule has 2 aromatic carbocycles. The molecule has 1 N–H and O–H groups in total. The third-order valence-electron chi connectivity index (χ3n) is 8.87. The quantitative estimate of drug-likeness (QED) is 0.320. The summed E-state index contributed by atoms with van der Waals surface area (Å²) in [5.74, 6) is 2.12. The number of piperidine rings is 1. The van der Waals surface area contributed by atoms with Gasteiger partial charge in [-0.25, -0.2) is 0 Å². The first kappa shape index (κ1) is 30.3. The van der Waals surface area contributed by atoms with Crippen LogP contribution in [0.1, 0.15) is 88.2 Å². The number of nitrogens with one attached hydrogen (secondary N) is 1. The van der Waals surface area contributed by atoms with E-state index in [1.165, 1.54) is 82.0 Å². The molecule has 7 heteroatoms. The van der Waals surface area contributed by atoms with Crippen LogP contribution in [0.15, 0.2) is 45.3 Å². The Balaban J connectivity index is 0.00000336. The van der Waals surface area contributed by atoms with Gasteiger partial charge in [0.1, 0.15) is 11.5 Å². The minimum Gasteiger partial charge on any atom is -1.00 e. The van der Waals surface area contributed by atoms with Crippen molar-refractivity contribution in [2.75, 3.05) is 26.2 Å². The van der Waals surface area contributed by atoms with Gasteiger partial charge in [-0.3, -0.25) is 4.79 Å². The van der Waals surface area contributed by atoms with Gasteiger partial charge in [-0.05, 0) is 55.7 Å². The number of benzene rings is 2. The highest BCUT2D eigenvalue weighted by Crippen LogP contribution is 2.46. The summed E-state index contributed by atoms with van der Waals surface area (Å²) < 4.78 is 9.35. The molecule has 0 spiro atoms. The lowest BCUT2D eigenvalue weighted by Gasteiger charge is -2.46. The molecule has 1 saturated heterocycles. The van der Waals surface area contributed by atoms with E-state index in [1.54, 1.807) is 0 Å². The number of likely N-dealkylation sites (tertiary alicyclic amines) is 1. The zero-order chi connectivity index (χ0) is 25.8. The van der Waals surface area contributed by atoms with E-state index in [9.17, 15) is 4.79 Å². The Morgan fingerprint density at radius 1 is 0.895 bits per heavy atom. The summed E-state index contributed by atoms with van der Waals surface area (Å²) in [6, 6.07) is 12.2. The number of hydrogen-bond donors (Lipinski definition) is 1. The first-order chi connectivity index (χ1) is 18.0. The molecule has 2 heterocycles. The number of ether oxygens (including phenoxy) is 1. The van der Waals surface area contributed by atoms with Gasteiger partial charge in [-0.2, -0.15) is 0 Å². The van der Waals surface area contributed by atoms with Gasteiger partial charge in [-0.15, -0.1) is 0 Å². The van der Waals surface area contributed by atoms with Gasteiger partial charge in [0, 0.05) is 44.9 Å². The van der Waals surface area contributed by atoms with Crippen LogP contribution in [0, 0.1) is 5.92 Å². The molecular weight excluding hydrogens is 719 g/mol. The largest absolute Gasteiger partial charge is 1.00 e. The van der Waals surface area contributed by atoms with Crippen molar-refractivity contribution in [1.82, 2.24) is 5.32 Å². The molecule has 0 aromatic heterocycles. The van der Waals surface area contributed by atoms with Crippen LogP contribution < -0.4 is 34.0 Å². The molecule has 0 bridgehead atoms. The van der Waals surface area contributed by atoms with E-state index in [2.05, 4.69) is 44.1 Å². The number of fused-ring (bicyclic) bond motifs is 2. The van der Waals surface area contributed by atoms with Crippen LogP contribution in [-0.4, -0.2) is 42.6 Å². The molecule has 0 radical (unpaired) electrons. The lowest BCUT2D eigenvalue weighted by molar-refractivity contribution is -0.936. The summed E-state index contributed by atoms with van der Waals surface area (Å²) >= 11 is 7.20. The lowest BCUT2D eigenvalue weighted by Crippen LogP contribution is -3.00. The average Bonchev–Trinajstić information content (AvgIpc) is 2.86. The van der Waals surface area contributed by atoms with Crippen molar-refractivity contribution in [3.8, 4) is 11.5 Å². The van der Waals surface area contributed by atoms with Crippen LogP contribution in [0.3, 0.4) is 0 Å². The van der Waals surface area contributed by atoms with Crippen LogP contribution >= 0.6 is 31.9 Å². The van der Waals surface area contributed by atoms with Gasteiger partial charge in [0.25, 0.3) is 0 Å². The summed E-state index contributed by atoms with van der Waals surface area (Å²) in [7, 11) is 0. The topological polar surface area (TPSA) is 38.3 Å². The maximum absolute atomic E-state index is 13.9. The third-order valence-corrected chi connectivity index (χ3v) is 9.85. The SMILES string of the molecule is CCC[N+]1(CC2CCCCCCC2)CCC(NC(=O)C2c3cc(Br)ccc3Oc3ccc(Br)cc32)CC1.[I-]. The zero-order valence-electron chi connectivity index (χ0n) is 22.5. The normalized spacial score (nSPS) is 24.1. The molecule has 0 unspecified atom stereocenters. The number of quaternary nitrogens is 1. The number of carbonyl (C=O) groups excluding carboxylic acids is 1. The number of amides is 1. The first-order valence-electron chi connectivity index (χ1n) is 14.4. The van der Waals surface area contributed by atoms with Crippen molar-refractivity contribution in [2.45, 2.75) is 83.1 Å². The second-order valence-corrected chi connectivity index (χ2v) is 13.4. The fourth-order valence-corrected chi connectivity index (χ4v) is 7.79. The molecule has 1 saturated carbocycles. The fraction of sp³-hybridized carbons (Fsp3) is 0.581. The number of hydrogen-bond acceptors (Lipinski definition) is 2. The predicted molar refractivity (Wildman–Crippen MR) is 157 cm³/mol. The molecule has 1 amide bonds. The van der Waals surface area contributed by atoms with Gasteiger partial charge in [0.2, 0.25) is 5.91 Å². The maximum atomic E-state index is 13.9. The fourth-order valence-electron chi connectivity index (χ4n) is 7.03. The van der Waals surface area contributed by atoms with Crippen LogP contribution in [0.5, 0.6) is 11.5 Å². The first-order valence-corrected chi connectivity index (χ1v) is 16.0. The maximum Gasteiger partial charge on any atom is 0.232 e. The molecule has 5 rings (SSSR count). The number of carbonyl (C=O) groups is 1. The summed E-state index contributed by atoms with van der Waals surface area (Å²) in [6.45, 7) is 7.33. The Kier molecular flexibility index (Phi) is 11.0. The molecule has 38 heavy (non-hydrogen) atoms. The Morgan fingerprint density at radius 2 is 1.45 bits per heavy atom. The standard InChI is InChI=1S/C31H40Br2N2O2.HI/c1-2-16-35(21-22-8-6-4-3-5-7-9-22)17-14-25(15-18-35)34-31(36)30-26-19-23(32)10-12-28(26)37-29-13-11-24(33)20-27(29)30;/h10-13,19-20,22,25,30H,2-9,14-18,21H2,1H3;1H. The summed E-state index contributed by atoms with van der Waals surface area (Å²) in [5.41, 5.74) is 1.85. The summed E-state index contributed by atoms with van der Waals surface area (Å²) in [5, 5.41) is 3.48. The van der Waals surface area contributed by atoms with Crippen molar-refractivity contribution in [3.63, 3.8) is 0 Å². The number of nitrogens with zero attached hydrogens (tertiary/aromatic N) is 1. The van der Waals surface area contributed by atoms with Gasteiger partial charge in [0.15, 0.2) is 0 Å². The van der Waals surface area contributed by atoms with E-state index < -0.39 is 0 Å². The van der Waals surface area contributed by atoms with Crippen molar-refractivity contribution >= 4 is 37.8 Å². The molecule has 2 aromatic rings. The highest BCUT2D eigenvalue weighted by atomic mass is 127. The van der Waals surface area contributed by atoms with E-state index in [0.717, 1.165) is 50.3 Å². The van der Waals surface area contributed by atoms with Crippen LogP contribution in [-0.2, 0) is 4.79 Å². The Bertz CT molecular complexity index is 1040. The summed E-state index contributed by atoms with van der Waals surface area (Å²) in [6.07, 6.45) is 13.3. The minimum atomic E-state index is -0.375. The Labute approximate surface area is 262 Å². The molecule has 2 aliphatic heterocycles. The van der Waals surface area contributed by atoms with Crippen molar-refractivity contribution in [1.29, 1.82) is 0 Å². The predicted octanol–water partition coefficient (Wildman–Crippen LogP) is 5.32. The number of rotatable bonds is 6. The second kappa shape index (κ2) is 13.8. The molecule has 1 aliphatic carbocycles. The smallest absolute Gasteiger partial charge is 0.232 e. The van der Waals surface area contributed by atoms with Gasteiger partial charge in [-0.1, -0.05) is 70.9 Å². The van der Waals surface area contributed by atoms with E-state index in [0.29, 0.717) is 0 Å². The molecule has 208 valence electrons. The van der Waals surface area contributed by atoms with Gasteiger partial charge < -0.3 is 38.5 Å². The number of halogens is 3. The molecule has 2 fully saturated rings. The lowest BCUT2D eigenvalue weighted by atomic mass is 9.86. The van der Waals surface area contributed by atoms with Crippen LogP contribution in [0.4, 0.5) is 0 Å². The Morgan fingerprint density at radius 3 is 2.00 bits per heavy atom. The van der Waals surface area contributed by atoms with E-state index in [-0.39, 0.29) is 41.8 Å². The highest BCUT2D eigenvalue weighted by molar-refractivity contribution is 9.10. The van der Waals surface area contributed by atoms with Crippen molar-refractivity contribution < 1.29 is 38.0 Å². The monoisotopic (exact) mass is 758 g/mol. The zero-order valence-corrected chi connectivity index (χ0v) is 27.8. The molecule has 3 aliphatic rings. The van der Waals surface area contributed by atoms with E-state index in [4.69, 9.17) is 4.74 Å². The van der Waals surface area contributed by atoms with Crippen LogP contribution in [0.2, 0.25) is 0 Å². The third kappa shape index (κ3) is 7.16. The second-order valence-electron chi connectivity index (χ2n) is 11.6. The van der Waals surface area contributed by atoms with E-state index in [1.807, 2.05) is 36.4 Å². The highest BCUT2D eigenvalue weighted by Gasteiger charge is 2.38. The molecule has 4 nitrogen and oxygen atoms in total. The van der Waals surface area contributed by atoms with Crippen LogP contribution in [0.25, 0.3) is 0 Å². The Hall–Kier alpha value is -0.640. The van der Waals surface area contributed by atoms with E-state index >= 15 is 0 Å². The van der Waals surface area contributed by atoms with Gasteiger partial charge in [0.05, 0.1) is 32.1 Å². The minimum absolute atomic E-state index is 0. The average molecular weight is 760 g/mol. The van der Waals surface area contributed by atoms with Gasteiger partial charge >= 0.3 is 0 Å².